The van der Waals surface area contributed by atoms with Gasteiger partial charge in [-0.2, -0.15) is 0 Å². The van der Waals surface area contributed by atoms with Crippen molar-refractivity contribution in [2.45, 2.75) is 19.1 Å². The Morgan fingerprint density at radius 1 is 1.55 bits per heavy atom. The molecule has 0 aromatic rings. The van der Waals surface area contributed by atoms with Crippen molar-refractivity contribution in [3.05, 3.63) is 0 Å². The number of halogens is 1. The minimum atomic E-state index is -0.504. The Balaban J connectivity index is 3.58. The molecular weight excluding hydrogens is 166 g/mol. The zero-order chi connectivity index (χ0) is 8.85. The molecular formula is C7H16ClNO2. The van der Waals surface area contributed by atoms with E-state index in [1.54, 1.807) is 0 Å². The van der Waals surface area contributed by atoms with Gasteiger partial charge in [0, 0.05) is 18.5 Å². The van der Waals surface area contributed by atoms with Crippen molar-refractivity contribution in [3.63, 3.8) is 0 Å². The fourth-order valence-electron chi connectivity index (χ4n) is 0.701. The van der Waals surface area contributed by atoms with E-state index in [1.165, 1.54) is 0 Å². The standard InChI is InChI=1S/C7H16ClNO2/c1-6(5-10)9(2)4-7(11)3-8/h6-7,10-11H,3-5H2,1-2H3. The SMILES string of the molecule is CC(CO)N(C)CC(O)CCl. The van der Waals surface area contributed by atoms with E-state index >= 15 is 0 Å². The van der Waals surface area contributed by atoms with Crippen LogP contribution >= 0.6 is 11.6 Å². The first-order valence-electron chi connectivity index (χ1n) is 3.67. The van der Waals surface area contributed by atoms with Gasteiger partial charge >= 0.3 is 0 Å². The van der Waals surface area contributed by atoms with E-state index in [4.69, 9.17) is 21.8 Å². The van der Waals surface area contributed by atoms with Crippen molar-refractivity contribution in [2.75, 3.05) is 26.1 Å². The van der Waals surface area contributed by atoms with Gasteiger partial charge in [0.05, 0.1) is 12.7 Å². The lowest BCUT2D eigenvalue weighted by molar-refractivity contribution is 0.0975. The van der Waals surface area contributed by atoms with E-state index in [0.29, 0.717) is 6.54 Å². The van der Waals surface area contributed by atoms with Crippen LogP contribution in [0.4, 0.5) is 0 Å². The first-order valence-corrected chi connectivity index (χ1v) is 4.20. The summed E-state index contributed by atoms with van der Waals surface area (Å²) in [7, 11) is 1.84. The molecule has 0 bridgehead atoms. The van der Waals surface area contributed by atoms with Gasteiger partial charge in [0.1, 0.15) is 0 Å². The van der Waals surface area contributed by atoms with Crippen LogP contribution in [-0.2, 0) is 0 Å². The van der Waals surface area contributed by atoms with Gasteiger partial charge < -0.3 is 10.2 Å². The van der Waals surface area contributed by atoms with Gasteiger partial charge in [-0.15, -0.1) is 11.6 Å². The molecule has 0 heterocycles. The fourth-order valence-corrected chi connectivity index (χ4v) is 0.798. The summed E-state index contributed by atoms with van der Waals surface area (Å²) in [5.41, 5.74) is 0. The summed E-state index contributed by atoms with van der Waals surface area (Å²) in [6.07, 6.45) is -0.504. The molecule has 0 radical (unpaired) electrons. The Labute approximate surface area is 72.6 Å². The molecule has 0 saturated heterocycles. The molecule has 0 saturated carbocycles. The van der Waals surface area contributed by atoms with Crippen LogP contribution in [0.2, 0.25) is 0 Å². The number of likely N-dealkylation sites (N-methyl/N-ethyl adjacent to an activating group) is 1. The van der Waals surface area contributed by atoms with Crippen LogP contribution in [-0.4, -0.2) is 53.3 Å². The summed E-state index contributed by atoms with van der Waals surface area (Å²) in [5, 5.41) is 17.9. The van der Waals surface area contributed by atoms with Crippen LogP contribution < -0.4 is 0 Å². The molecule has 2 N–H and O–H groups in total. The van der Waals surface area contributed by atoms with Crippen LogP contribution in [0.15, 0.2) is 0 Å². The molecule has 0 aliphatic rings. The van der Waals surface area contributed by atoms with E-state index in [-0.39, 0.29) is 18.5 Å². The van der Waals surface area contributed by atoms with E-state index in [1.807, 2.05) is 18.9 Å². The van der Waals surface area contributed by atoms with E-state index in [9.17, 15) is 0 Å². The first-order chi connectivity index (χ1) is 5.11. The molecule has 0 aliphatic carbocycles. The van der Waals surface area contributed by atoms with Gasteiger partial charge in [-0.25, -0.2) is 0 Å². The molecule has 2 unspecified atom stereocenters. The third-order valence-corrected chi connectivity index (χ3v) is 2.05. The number of aliphatic hydroxyl groups excluding tert-OH is 2. The number of nitrogens with zero attached hydrogens (tertiary/aromatic N) is 1. The summed E-state index contributed by atoms with van der Waals surface area (Å²) in [6.45, 7) is 2.50. The smallest absolute Gasteiger partial charge is 0.0802 e. The van der Waals surface area contributed by atoms with Gasteiger partial charge in [-0.3, -0.25) is 4.90 Å². The fraction of sp³-hybridized carbons (Fsp3) is 1.00. The van der Waals surface area contributed by atoms with Crippen LogP contribution in [0.1, 0.15) is 6.92 Å². The van der Waals surface area contributed by atoms with E-state index in [0.717, 1.165) is 0 Å². The van der Waals surface area contributed by atoms with Crippen LogP contribution in [0.25, 0.3) is 0 Å². The molecule has 0 aliphatic heterocycles. The normalized spacial score (nSPS) is 16.9. The lowest BCUT2D eigenvalue weighted by Crippen LogP contribution is -2.38. The van der Waals surface area contributed by atoms with Gasteiger partial charge in [0.2, 0.25) is 0 Å². The molecule has 0 spiro atoms. The minimum absolute atomic E-state index is 0.0767. The molecule has 0 aromatic heterocycles. The predicted octanol–water partition coefficient (Wildman–Crippen LogP) is -0.101. The lowest BCUT2D eigenvalue weighted by atomic mass is 10.3. The molecule has 3 nitrogen and oxygen atoms in total. The molecule has 2 atom stereocenters. The second kappa shape index (κ2) is 5.77. The summed E-state index contributed by atoms with van der Waals surface area (Å²) in [6, 6.07) is 0.0767. The molecule has 0 fully saturated rings. The van der Waals surface area contributed by atoms with Crippen molar-refractivity contribution in [3.8, 4) is 0 Å². The lowest BCUT2D eigenvalue weighted by Gasteiger charge is -2.24. The van der Waals surface area contributed by atoms with Crippen molar-refractivity contribution in [2.24, 2.45) is 0 Å². The average molecular weight is 182 g/mol. The quantitative estimate of drug-likeness (QED) is 0.583. The highest BCUT2D eigenvalue weighted by Gasteiger charge is 2.11. The number of hydrogen-bond acceptors (Lipinski definition) is 3. The molecule has 68 valence electrons. The Hall–Kier alpha value is 0.170. The van der Waals surface area contributed by atoms with E-state index in [2.05, 4.69) is 0 Å². The van der Waals surface area contributed by atoms with Crippen molar-refractivity contribution in [1.29, 1.82) is 0 Å². The van der Waals surface area contributed by atoms with Crippen molar-refractivity contribution < 1.29 is 10.2 Å². The second-order valence-corrected chi connectivity index (χ2v) is 3.09. The Morgan fingerprint density at radius 2 is 2.09 bits per heavy atom. The van der Waals surface area contributed by atoms with Gasteiger partial charge in [0.25, 0.3) is 0 Å². The number of hydrogen-bond donors (Lipinski definition) is 2. The van der Waals surface area contributed by atoms with Crippen LogP contribution in [0, 0.1) is 0 Å². The molecule has 4 heteroatoms. The highest BCUT2D eigenvalue weighted by atomic mass is 35.5. The molecule has 0 aromatic carbocycles. The van der Waals surface area contributed by atoms with Gasteiger partial charge in [0.15, 0.2) is 0 Å². The maximum absolute atomic E-state index is 9.12. The van der Waals surface area contributed by atoms with Crippen molar-refractivity contribution >= 4 is 11.6 Å². The van der Waals surface area contributed by atoms with Gasteiger partial charge in [-0.05, 0) is 14.0 Å². The van der Waals surface area contributed by atoms with E-state index < -0.39 is 6.10 Å². The Kier molecular flexibility index (Phi) is 5.86. The number of aliphatic hydroxyl groups is 2. The Morgan fingerprint density at radius 3 is 2.45 bits per heavy atom. The van der Waals surface area contributed by atoms with Crippen LogP contribution in [0.3, 0.4) is 0 Å². The highest BCUT2D eigenvalue weighted by Crippen LogP contribution is 1.97. The minimum Gasteiger partial charge on any atom is -0.395 e. The molecule has 11 heavy (non-hydrogen) atoms. The summed E-state index contributed by atoms with van der Waals surface area (Å²) in [4.78, 5) is 1.87. The zero-order valence-electron chi connectivity index (χ0n) is 7.00. The third kappa shape index (κ3) is 4.58. The maximum Gasteiger partial charge on any atom is 0.0802 e. The number of rotatable bonds is 5. The summed E-state index contributed by atoms with van der Waals surface area (Å²) < 4.78 is 0. The molecule has 0 rings (SSSR count). The topological polar surface area (TPSA) is 43.7 Å². The zero-order valence-corrected chi connectivity index (χ0v) is 7.75. The number of alkyl halides is 1. The largest absolute Gasteiger partial charge is 0.395 e. The van der Waals surface area contributed by atoms with Crippen LogP contribution in [0.5, 0.6) is 0 Å². The third-order valence-electron chi connectivity index (χ3n) is 1.69. The Bertz CT molecular complexity index is 102. The molecule has 0 amide bonds. The highest BCUT2D eigenvalue weighted by molar-refractivity contribution is 6.18. The monoisotopic (exact) mass is 181 g/mol. The maximum atomic E-state index is 9.12. The van der Waals surface area contributed by atoms with Crippen molar-refractivity contribution in [1.82, 2.24) is 4.90 Å². The summed E-state index contributed by atoms with van der Waals surface area (Å²) >= 11 is 5.40. The average Bonchev–Trinajstić information content (AvgIpc) is 2.02. The first kappa shape index (κ1) is 11.2. The second-order valence-electron chi connectivity index (χ2n) is 2.78. The predicted molar refractivity (Wildman–Crippen MR) is 45.9 cm³/mol. The van der Waals surface area contributed by atoms with Gasteiger partial charge in [-0.1, -0.05) is 0 Å². The summed E-state index contributed by atoms with van der Waals surface area (Å²) in [5.74, 6) is 0.239.